The van der Waals surface area contributed by atoms with Gasteiger partial charge in [0, 0.05) is 6.42 Å². The zero-order chi connectivity index (χ0) is 13.1. The van der Waals surface area contributed by atoms with Gasteiger partial charge in [-0.2, -0.15) is 0 Å². The second kappa shape index (κ2) is 5.03. The molecule has 5 nitrogen and oxygen atoms in total. The molecule has 0 radical (unpaired) electrons. The van der Waals surface area contributed by atoms with Crippen LogP contribution in [0, 0.1) is 5.82 Å². The lowest BCUT2D eigenvalue weighted by Crippen LogP contribution is -2.24. The van der Waals surface area contributed by atoms with Crippen molar-refractivity contribution in [1.29, 1.82) is 0 Å². The number of anilines is 1. The third-order valence-electron chi connectivity index (χ3n) is 2.67. The summed E-state index contributed by atoms with van der Waals surface area (Å²) < 4.78 is 18.1. The third kappa shape index (κ3) is 2.77. The fraction of sp³-hybridized carbons (Fsp3) is 0.333. The van der Waals surface area contributed by atoms with Crippen molar-refractivity contribution in [3.63, 3.8) is 0 Å². The fourth-order valence-corrected chi connectivity index (χ4v) is 1.81. The zero-order valence-electron chi connectivity index (χ0n) is 9.51. The monoisotopic (exact) mass is 253 g/mol. The first-order valence-corrected chi connectivity index (χ1v) is 5.52. The highest BCUT2D eigenvalue weighted by Gasteiger charge is 2.32. The number of amides is 1. The van der Waals surface area contributed by atoms with E-state index >= 15 is 0 Å². The van der Waals surface area contributed by atoms with Crippen LogP contribution in [-0.2, 0) is 9.53 Å². The van der Waals surface area contributed by atoms with Gasteiger partial charge in [-0.05, 0) is 24.6 Å². The van der Waals surface area contributed by atoms with E-state index in [-0.39, 0.29) is 19.4 Å². The number of carbonyl (C=O) groups is 2. The number of halogens is 1. The smallest absolute Gasteiger partial charge is 0.414 e. The Kier molecular flexibility index (Phi) is 3.45. The topological polar surface area (TPSA) is 66.8 Å². The van der Waals surface area contributed by atoms with Gasteiger partial charge in [0.2, 0.25) is 0 Å². The molecular weight excluding hydrogens is 241 g/mol. The van der Waals surface area contributed by atoms with Crippen LogP contribution >= 0.6 is 0 Å². The van der Waals surface area contributed by atoms with E-state index in [1.54, 1.807) is 6.07 Å². The largest absolute Gasteiger partial charge is 0.481 e. The Hall–Kier alpha value is -2.11. The molecule has 1 heterocycles. The van der Waals surface area contributed by atoms with Crippen LogP contribution < -0.4 is 4.90 Å². The number of aliphatic carboxylic acids is 1. The van der Waals surface area contributed by atoms with E-state index in [0.717, 1.165) is 0 Å². The molecule has 96 valence electrons. The van der Waals surface area contributed by atoms with Gasteiger partial charge in [0.1, 0.15) is 11.9 Å². The summed E-state index contributed by atoms with van der Waals surface area (Å²) >= 11 is 0. The highest BCUT2D eigenvalue weighted by molar-refractivity contribution is 5.89. The Bertz CT molecular complexity index is 477. The molecule has 1 aliphatic heterocycles. The normalized spacial score (nSPS) is 18.8. The fourth-order valence-electron chi connectivity index (χ4n) is 1.81. The van der Waals surface area contributed by atoms with Crippen LogP contribution in [0.5, 0.6) is 0 Å². The summed E-state index contributed by atoms with van der Waals surface area (Å²) in [6, 6.07) is 5.63. The van der Waals surface area contributed by atoms with Crippen molar-refractivity contribution in [1.82, 2.24) is 0 Å². The van der Waals surface area contributed by atoms with E-state index in [0.29, 0.717) is 5.69 Å². The lowest BCUT2D eigenvalue weighted by Gasteiger charge is -2.12. The van der Waals surface area contributed by atoms with Crippen LogP contribution in [0.3, 0.4) is 0 Å². The summed E-state index contributed by atoms with van der Waals surface area (Å²) in [5.74, 6) is -1.37. The van der Waals surface area contributed by atoms with E-state index < -0.39 is 24.0 Å². The Morgan fingerprint density at radius 2 is 2.33 bits per heavy atom. The first-order valence-electron chi connectivity index (χ1n) is 5.52. The number of nitrogens with zero attached hydrogens (tertiary/aromatic N) is 1. The van der Waals surface area contributed by atoms with E-state index in [1.165, 1.54) is 23.1 Å². The minimum absolute atomic E-state index is 0.0606. The van der Waals surface area contributed by atoms with E-state index in [2.05, 4.69) is 0 Å². The third-order valence-corrected chi connectivity index (χ3v) is 2.67. The summed E-state index contributed by atoms with van der Waals surface area (Å²) in [6.45, 7) is 0.246. The molecule has 1 amide bonds. The summed E-state index contributed by atoms with van der Waals surface area (Å²) in [6.07, 6.45) is -0.838. The number of benzene rings is 1. The Morgan fingerprint density at radius 1 is 1.56 bits per heavy atom. The van der Waals surface area contributed by atoms with Crippen molar-refractivity contribution in [3.8, 4) is 0 Å². The van der Waals surface area contributed by atoms with Gasteiger partial charge in [0.05, 0.1) is 12.2 Å². The van der Waals surface area contributed by atoms with E-state index in [1.807, 2.05) is 0 Å². The highest BCUT2D eigenvalue weighted by atomic mass is 19.1. The van der Waals surface area contributed by atoms with Crippen molar-refractivity contribution in [2.75, 3.05) is 11.4 Å². The van der Waals surface area contributed by atoms with Gasteiger partial charge >= 0.3 is 12.1 Å². The van der Waals surface area contributed by atoms with Gasteiger partial charge in [-0.1, -0.05) is 6.07 Å². The van der Waals surface area contributed by atoms with Crippen LogP contribution in [0.25, 0.3) is 0 Å². The van der Waals surface area contributed by atoms with Gasteiger partial charge < -0.3 is 9.84 Å². The average Bonchev–Trinajstić information content (AvgIpc) is 2.68. The Balaban J connectivity index is 2.03. The summed E-state index contributed by atoms with van der Waals surface area (Å²) in [5, 5.41) is 8.56. The van der Waals surface area contributed by atoms with Gasteiger partial charge in [-0.15, -0.1) is 0 Å². The predicted molar refractivity (Wildman–Crippen MR) is 60.9 cm³/mol. The summed E-state index contributed by atoms with van der Waals surface area (Å²) in [4.78, 5) is 23.3. The van der Waals surface area contributed by atoms with Crippen molar-refractivity contribution in [2.24, 2.45) is 0 Å². The van der Waals surface area contributed by atoms with E-state index in [4.69, 9.17) is 9.84 Å². The molecule has 1 aliphatic rings. The average molecular weight is 253 g/mol. The van der Waals surface area contributed by atoms with Crippen LogP contribution in [0.15, 0.2) is 24.3 Å². The van der Waals surface area contributed by atoms with Crippen molar-refractivity contribution < 1.29 is 23.8 Å². The number of ether oxygens (including phenoxy) is 1. The minimum atomic E-state index is -0.935. The number of carboxylic acid groups (broad SMARTS) is 1. The molecule has 0 saturated carbocycles. The Labute approximate surface area is 103 Å². The number of hydrogen-bond donors (Lipinski definition) is 1. The molecule has 0 unspecified atom stereocenters. The van der Waals surface area contributed by atoms with Crippen LogP contribution in [0.2, 0.25) is 0 Å². The second-order valence-electron chi connectivity index (χ2n) is 4.03. The highest BCUT2D eigenvalue weighted by Crippen LogP contribution is 2.23. The zero-order valence-corrected chi connectivity index (χ0v) is 9.51. The van der Waals surface area contributed by atoms with Gasteiger partial charge in [-0.3, -0.25) is 9.69 Å². The molecule has 1 fully saturated rings. The molecule has 6 heteroatoms. The van der Waals surface area contributed by atoms with Crippen molar-refractivity contribution >= 4 is 17.7 Å². The number of carbonyl (C=O) groups excluding carboxylic acids is 1. The van der Waals surface area contributed by atoms with Gasteiger partial charge in [-0.25, -0.2) is 9.18 Å². The lowest BCUT2D eigenvalue weighted by atomic mass is 10.2. The molecule has 1 aromatic carbocycles. The summed E-state index contributed by atoms with van der Waals surface area (Å²) in [7, 11) is 0. The molecule has 1 saturated heterocycles. The van der Waals surface area contributed by atoms with Crippen molar-refractivity contribution in [2.45, 2.75) is 18.9 Å². The maximum absolute atomic E-state index is 13.0. The second-order valence-corrected chi connectivity index (χ2v) is 4.03. The molecule has 1 aromatic rings. The molecule has 0 aliphatic carbocycles. The van der Waals surface area contributed by atoms with Crippen LogP contribution in [-0.4, -0.2) is 29.8 Å². The number of rotatable bonds is 4. The van der Waals surface area contributed by atoms with Gasteiger partial charge in [0.25, 0.3) is 0 Å². The molecule has 18 heavy (non-hydrogen) atoms. The molecule has 2 rings (SSSR count). The van der Waals surface area contributed by atoms with Crippen LogP contribution in [0.4, 0.5) is 14.9 Å². The standard InChI is InChI=1S/C12H12FNO4/c13-8-2-1-3-9(6-8)14-7-10(18-12(14)17)4-5-11(15)16/h1-3,6,10H,4-5,7H2,(H,15,16)/t10-/m1/s1. The minimum Gasteiger partial charge on any atom is -0.481 e. The quantitative estimate of drug-likeness (QED) is 0.891. The lowest BCUT2D eigenvalue weighted by molar-refractivity contribution is -0.137. The predicted octanol–water partition coefficient (Wildman–Crippen LogP) is 2.02. The Morgan fingerprint density at radius 3 is 3.00 bits per heavy atom. The first-order chi connectivity index (χ1) is 8.56. The SMILES string of the molecule is O=C(O)CC[C@@H]1CN(c2cccc(F)c2)C(=O)O1. The van der Waals surface area contributed by atoms with Gasteiger partial charge in [0.15, 0.2) is 0 Å². The maximum atomic E-state index is 13.0. The van der Waals surface area contributed by atoms with Crippen LogP contribution in [0.1, 0.15) is 12.8 Å². The van der Waals surface area contributed by atoms with E-state index in [9.17, 15) is 14.0 Å². The molecule has 1 N–H and O–H groups in total. The maximum Gasteiger partial charge on any atom is 0.414 e. The molecule has 0 spiro atoms. The molecule has 0 bridgehead atoms. The number of carboxylic acids is 1. The number of cyclic esters (lactones) is 1. The summed E-state index contributed by atoms with van der Waals surface area (Å²) in [5.41, 5.74) is 0.415. The van der Waals surface area contributed by atoms with Crippen molar-refractivity contribution in [3.05, 3.63) is 30.1 Å². The molecule has 0 aromatic heterocycles. The molecule has 1 atom stereocenters. The number of hydrogen-bond acceptors (Lipinski definition) is 3. The first kappa shape index (κ1) is 12.3. The molecular formula is C12H12FNO4.